The summed E-state index contributed by atoms with van der Waals surface area (Å²) in [6, 6.07) is 4.34. The summed E-state index contributed by atoms with van der Waals surface area (Å²) >= 11 is 1.70. The van der Waals surface area contributed by atoms with Gasteiger partial charge in [0.25, 0.3) is 0 Å². The molecule has 0 aliphatic rings. The summed E-state index contributed by atoms with van der Waals surface area (Å²) in [5.41, 5.74) is 10.5. The highest BCUT2D eigenvalue weighted by atomic mass is 32.1. The molecule has 0 aliphatic heterocycles. The average molecular weight is 290 g/mol. The number of pyridine rings is 1. The maximum absolute atomic E-state index is 6.34. The first-order valence-corrected chi connectivity index (χ1v) is 7.76. The van der Waals surface area contributed by atoms with E-state index in [2.05, 4.69) is 41.8 Å². The van der Waals surface area contributed by atoms with Crippen molar-refractivity contribution < 1.29 is 0 Å². The van der Waals surface area contributed by atoms with Crippen molar-refractivity contribution in [1.82, 2.24) is 14.9 Å². The molecule has 108 valence electrons. The van der Waals surface area contributed by atoms with Crippen molar-refractivity contribution >= 4 is 11.3 Å². The lowest BCUT2D eigenvalue weighted by Crippen LogP contribution is -2.38. The summed E-state index contributed by atoms with van der Waals surface area (Å²) in [6.07, 6.45) is 4.65. The first-order valence-electron chi connectivity index (χ1n) is 6.88. The molecule has 0 fully saturated rings. The van der Waals surface area contributed by atoms with Gasteiger partial charge in [-0.15, -0.1) is 11.3 Å². The molecule has 4 nitrogen and oxygen atoms in total. The van der Waals surface area contributed by atoms with Gasteiger partial charge in [-0.2, -0.15) is 0 Å². The van der Waals surface area contributed by atoms with Crippen molar-refractivity contribution in [1.29, 1.82) is 0 Å². The second-order valence-electron chi connectivity index (χ2n) is 5.08. The van der Waals surface area contributed by atoms with Crippen LogP contribution in [0, 0.1) is 6.92 Å². The van der Waals surface area contributed by atoms with Crippen molar-refractivity contribution in [2.45, 2.75) is 38.9 Å². The predicted molar refractivity (Wildman–Crippen MR) is 83.6 cm³/mol. The molecule has 0 aromatic carbocycles. The maximum Gasteiger partial charge on any atom is 0.0798 e. The van der Waals surface area contributed by atoms with Gasteiger partial charge in [0.15, 0.2) is 0 Å². The van der Waals surface area contributed by atoms with Crippen molar-refractivity contribution in [2.75, 3.05) is 7.05 Å². The molecule has 0 spiro atoms. The van der Waals surface area contributed by atoms with E-state index in [0.29, 0.717) is 0 Å². The molecular weight excluding hydrogens is 268 g/mol. The van der Waals surface area contributed by atoms with Crippen molar-refractivity contribution in [3.8, 4) is 0 Å². The Hall–Kier alpha value is -1.30. The molecule has 2 rings (SSSR count). The number of hydrogen-bond acceptors (Lipinski definition) is 5. The molecule has 2 heterocycles. The Labute approximate surface area is 124 Å². The van der Waals surface area contributed by atoms with Crippen LogP contribution < -0.4 is 5.73 Å². The Morgan fingerprint density at radius 3 is 2.80 bits per heavy atom. The summed E-state index contributed by atoms with van der Waals surface area (Å²) in [4.78, 5) is 12.1. The van der Waals surface area contributed by atoms with Crippen molar-refractivity contribution in [3.05, 3.63) is 46.2 Å². The van der Waals surface area contributed by atoms with Crippen LogP contribution in [0.3, 0.4) is 0 Å². The van der Waals surface area contributed by atoms with Crippen LogP contribution in [0.4, 0.5) is 0 Å². The van der Waals surface area contributed by atoms with Crippen molar-refractivity contribution in [2.24, 2.45) is 5.73 Å². The third kappa shape index (κ3) is 3.42. The Bertz CT molecular complexity index is 526. The zero-order chi connectivity index (χ0) is 14.5. The second kappa shape index (κ2) is 6.92. The number of hydrogen-bond donors (Lipinski definition) is 1. The molecule has 0 saturated carbocycles. The molecule has 0 aliphatic carbocycles. The van der Waals surface area contributed by atoms with Crippen LogP contribution in [0.15, 0.2) is 30.0 Å². The highest BCUT2D eigenvalue weighted by Gasteiger charge is 2.24. The topological polar surface area (TPSA) is 55.0 Å². The average Bonchev–Trinajstić information content (AvgIpc) is 2.85. The van der Waals surface area contributed by atoms with E-state index in [1.807, 2.05) is 17.8 Å². The predicted octanol–water partition coefficient (Wildman–Crippen LogP) is 2.76. The minimum absolute atomic E-state index is 0.0948. The van der Waals surface area contributed by atoms with Gasteiger partial charge >= 0.3 is 0 Å². The van der Waals surface area contributed by atoms with Gasteiger partial charge in [-0.25, -0.2) is 4.98 Å². The highest BCUT2D eigenvalue weighted by molar-refractivity contribution is 7.09. The largest absolute Gasteiger partial charge is 0.326 e. The van der Waals surface area contributed by atoms with E-state index in [1.165, 1.54) is 10.4 Å². The number of aryl methyl sites for hydroxylation is 1. The molecule has 0 radical (unpaired) electrons. The Kier molecular flexibility index (Phi) is 5.23. The first kappa shape index (κ1) is 15.1. The molecule has 2 unspecified atom stereocenters. The summed E-state index contributed by atoms with van der Waals surface area (Å²) in [5, 5.41) is 0. The van der Waals surface area contributed by atoms with Crippen LogP contribution in [-0.2, 0) is 6.54 Å². The lowest BCUT2D eigenvalue weighted by atomic mass is 9.98. The smallest absolute Gasteiger partial charge is 0.0798 e. The van der Waals surface area contributed by atoms with Gasteiger partial charge in [-0.3, -0.25) is 9.88 Å². The number of aromatic nitrogens is 2. The third-order valence-electron chi connectivity index (χ3n) is 3.62. The first-order chi connectivity index (χ1) is 9.63. The zero-order valence-electron chi connectivity index (χ0n) is 12.3. The van der Waals surface area contributed by atoms with Gasteiger partial charge < -0.3 is 5.73 Å². The number of nitrogens with zero attached hydrogens (tertiary/aromatic N) is 3. The van der Waals surface area contributed by atoms with Crippen LogP contribution in [0.2, 0.25) is 0 Å². The highest BCUT2D eigenvalue weighted by Crippen LogP contribution is 2.26. The molecule has 0 amide bonds. The number of rotatable bonds is 6. The summed E-state index contributed by atoms with van der Waals surface area (Å²) in [6.45, 7) is 5.04. The van der Waals surface area contributed by atoms with Crippen molar-refractivity contribution in [3.63, 3.8) is 0 Å². The molecule has 5 heteroatoms. The standard InChI is InChI=1S/C15H22N4S/c1-4-13(16)15(12-6-5-7-17-8-12)19(3)9-14-11(2)18-10-20-14/h5-8,10,13,15H,4,9,16H2,1-3H3. The van der Waals surface area contributed by atoms with Gasteiger partial charge in [0.05, 0.1) is 17.2 Å². The molecule has 2 N–H and O–H groups in total. The summed E-state index contributed by atoms with van der Waals surface area (Å²) < 4.78 is 0. The zero-order valence-corrected chi connectivity index (χ0v) is 13.1. The molecule has 0 bridgehead atoms. The number of thiazole rings is 1. The van der Waals surface area contributed by atoms with E-state index in [4.69, 9.17) is 5.73 Å². The van der Waals surface area contributed by atoms with E-state index >= 15 is 0 Å². The fourth-order valence-corrected chi connectivity index (χ4v) is 3.25. The van der Waals surface area contributed by atoms with Gasteiger partial charge in [0, 0.05) is 29.9 Å². The van der Waals surface area contributed by atoms with Gasteiger partial charge in [0.2, 0.25) is 0 Å². The van der Waals surface area contributed by atoms with Crippen LogP contribution in [0.25, 0.3) is 0 Å². The van der Waals surface area contributed by atoms with E-state index in [-0.39, 0.29) is 12.1 Å². The second-order valence-corrected chi connectivity index (χ2v) is 6.02. The maximum atomic E-state index is 6.34. The number of likely N-dealkylation sites (N-methyl/N-ethyl adjacent to an activating group) is 1. The SMILES string of the molecule is CCC(N)C(c1cccnc1)N(C)Cc1scnc1C. The third-order valence-corrected chi connectivity index (χ3v) is 4.54. The van der Waals surface area contributed by atoms with Gasteiger partial charge in [-0.05, 0) is 32.0 Å². The lowest BCUT2D eigenvalue weighted by molar-refractivity contribution is 0.202. The van der Waals surface area contributed by atoms with Crippen LogP contribution in [0.5, 0.6) is 0 Å². The van der Waals surface area contributed by atoms with Crippen LogP contribution >= 0.6 is 11.3 Å². The lowest BCUT2D eigenvalue weighted by Gasteiger charge is -2.32. The van der Waals surface area contributed by atoms with Gasteiger partial charge in [0.1, 0.15) is 0 Å². The van der Waals surface area contributed by atoms with E-state index in [0.717, 1.165) is 18.7 Å². The van der Waals surface area contributed by atoms with Crippen LogP contribution in [0.1, 0.15) is 35.5 Å². The quantitative estimate of drug-likeness (QED) is 0.889. The normalized spacial score (nSPS) is 14.4. The summed E-state index contributed by atoms with van der Waals surface area (Å²) in [5.74, 6) is 0. The molecule has 20 heavy (non-hydrogen) atoms. The molecule has 2 aromatic rings. The number of nitrogens with two attached hydrogens (primary N) is 1. The Morgan fingerprint density at radius 2 is 2.25 bits per heavy atom. The van der Waals surface area contributed by atoms with E-state index in [9.17, 15) is 0 Å². The fourth-order valence-electron chi connectivity index (χ4n) is 2.41. The molecule has 2 atom stereocenters. The van der Waals surface area contributed by atoms with E-state index in [1.54, 1.807) is 17.5 Å². The Balaban J connectivity index is 2.21. The monoisotopic (exact) mass is 290 g/mol. The van der Waals surface area contributed by atoms with Crippen LogP contribution in [-0.4, -0.2) is 28.0 Å². The molecule has 2 aromatic heterocycles. The molecule has 0 saturated heterocycles. The van der Waals surface area contributed by atoms with E-state index < -0.39 is 0 Å². The minimum Gasteiger partial charge on any atom is -0.326 e. The van der Waals surface area contributed by atoms with Gasteiger partial charge in [-0.1, -0.05) is 13.0 Å². The summed E-state index contributed by atoms with van der Waals surface area (Å²) in [7, 11) is 2.12. The minimum atomic E-state index is 0.0948. The molecular formula is C15H22N4S. The fraction of sp³-hybridized carbons (Fsp3) is 0.467. The Morgan fingerprint density at radius 1 is 1.45 bits per heavy atom.